The van der Waals surface area contributed by atoms with Crippen molar-refractivity contribution < 1.29 is 18.0 Å². The number of carbonyl (C=O) groups is 1. The second-order valence-electron chi connectivity index (χ2n) is 7.06. The molecule has 1 fully saturated rings. The zero-order valence-corrected chi connectivity index (χ0v) is 15.6. The summed E-state index contributed by atoms with van der Waals surface area (Å²) in [4.78, 5) is 14.2. The number of hydrogen-bond donors (Lipinski definition) is 1. The van der Waals surface area contributed by atoms with Crippen LogP contribution < -0.4 is 5.32 Å². The maximum absolute atomic E-state index is 13.2. The summed E-state index contributed by atoms with van der Waals surface area (Å²) < 4.78 is 32.0. The molecule has 0 radical (unpaired) electrons. The summed E-state index contributed by atoms with van der Waals surface area (Å²) in [5.74, 6) is 0.181. The van der Waals surface area contributed by atoms with Gasteiger partial charge in [0.05, 0.1) is 6.54 Å². The number of carbonyl (C=O) groups excluding carboxylic acids is 1. The van der Waals surface area contributed by atoms with Crippen molar-refractivity contribution in [1.29, 1.82) is 0 Å². The fourth-order valence-corrected chi connectivity index (χ4v) is 3.42. The molecule has 8 heteroatoms. The largest absolute Gasteiger partial charge is 0.420 e. The highest BCUT2D eigenvalue weighted by Crippen LogP contribution is 2.29. The first-order valence-corrected chi connectivity index (χ1v) is 9.44. The van der Waals surface area contributed by atoms with E-state index in [9.17, 15) is 13.6 Å². The Hall–Kier alpha value is -3.13. The maximum atomic E-state index is 13.2. The van der Waals surface area contributed by atoms with E-state index in [2.05, 4.69) is 15.5 Å². The Morgan fingerprint density at radius 1 is 1.07 bits per heavy atom. The first kappa shape index (κ1) is 19.2. The molecule has 1 aliphatic rings. The van der Waals surface area contributed by atoms with Crippen LogP contribution in [0.5, 0.6) is 0 Å². The van der Waals surface area contributed by atoms with Gasteiger partial charge in [-0.2, -0.15) is 0 Å². The minimum absolute atomic E-state index is 0.124. The molecule has 0 aliphatic carbocycles. The van der Waals surface area contributed by atoms with Crippen LogP contribution in [0.15, 0.2) is 52.9 Å². The van der Waals surface area contributed by atoms with Gasteiger partial charge >= 0.3 is 0 Å². The van der Waals surface area contributed by atoms with Crippen molar-refractivity contribution in [3.63, 3.8) is 0 Å². The molecule has 0 bridgehead atoms. The van der Waals surface area contributed by atoms with Crippen molar-refractivity contribution in [3.05, 3.63) is 66.1 Å². The first-order chi connectivity index (χ1) is 14.1. The third kappa shape index (κ3) is 4.83. The van der Waals surface area contributed by atoms with Gasteiger partial charge in [-0.15, -0.1) is 10.2 Å². The fraction of sp³-hybridized carbons (Fsp3) is 0.286. The summed E-state index contributed by atoms with van der Waals surface area (Å²) >= 11 is 0. The lowest BCUT2D eigenvalue weighted by molar-refractivity contribution is -0.117. The van der Waals surface area contributed by atoms with E-state index in [0.717, 1.165) is 25.9 Å². The molecule has 1 amide bonds. The molecule has 6 nitrogen and oxygen atoms in total. The third-order valence-corrected chi connectivity index (χ3v) is 4.94. The Morgan fingerprint density at radius 3 is 2.55 bits per heavy atom. The Labute approximate surface area is 166 Å². The number of aromatic nitrogens is 2. The lowest BCUT2D eigenvalue weighted by Crippen LogP contribution is -2.38. The van der Waals surface area contributed by atoms with Gasteiger partial charge in [-0.1, -0.05) is 6.07 Å². The molecule has 0 atom stereocenters. The lowest BCUT2D eigenvalue weighted by Gasteiger charge is -2.29. The van der Waals surface area contributed by atoms with Gasteiger partial charge in [0.2, 0.25) is 17.7 Å². The van der Waals surface area contributed by atoms with Crippen LogP contribution in [-0.4, -0.2) is 40.6 Å². The Balaban J connectivity index is 1.29. The molecular formula is C21H20F2N4O2. The summed E-state index contributed by atoms with van der Waals surface area (Å²) in [5.41, 5.74) is 1.13. The van der Waals surface area contributed by atoms with E-state index in [-0.39, 0.29) is 30.0 Å². The highest BCUT2D eigenvalue weighted by atomic mass is 19.1. The highest BCUT2D eigenvalue weighted by molar-refractivity contribution is 5.92. The van der Waals surface area contributed by atoms with Crippen molar-refractivity contribution in [1.82, 2.24) is 15.1 Å². The summed E-state index contributed by atoms with van der Waals surface area (Å²) in [6.07, 6.45) is 1.58. The summed E-state index contributed by atoms with van der Waals surface area (Å²) in [6, 6.07) is 11.7. The van der Waals surface area contributed by atoms with Crippen molar-refractivity contribution >= 4 is 11.6 Å². The monoisotopic (exact) mass is 398 g/mol. The van der Waals surface area contributed by atoms with Crippen LogP contribution in [0.4, 0.5) is 14.5 Å². The molecule has 1 aromatic heterocycles. The Bertz CT molecular complexity index is 982. The molecule has 150 valence electrons. The number of anilines is 1. The maximum Gasteiger partial charge on any atom is 0.247 e. The second kappa shape index (κ2) is 8.48. The molecule has 29 heavy (non-hydrogen) atoms. The van der Waals surface area contributed by atoms with Crippen LogP contribution in [0.2, 0.25) is 0 Å². The standard InChI is InChI=1S/C21H20F2N4O2/c22-16-6-4-14(5-7-16)20-25-26-21(29-20)15-8-10-27(11-9-15)13-19(28)24-18-3-1-2-17(23)12-18/h1-7,12,15H,8-11,13H2,(H,24,28). The van der Waals surface area contributed by atoms with Crippen molar-refractivity contribution in [3.8, 4) is 11.5 Å². The molecule has 4 rings (SSSR count). The molecule has 1 saturated heterocycles. The van der Waals surface area contributed by atoms with Crippen LogP contribution in [-0.2, 0) is 4.79 Å². The summed E-state index contributed by atoms with van der Waals surface area (Å²) in [6.45, 7) is 1.68. The predicted octanol–water partition coefficient (Wildman–Crippen LogP) is 3.83. The van der Waals surface area contributed by atoms with Gasteiger partial charge in [0.1, 0.15) is 11.6 Å². The molecule has 0 spiro atoms. The third-order valence-electron chi connectivity index (χ3n) is 4.94. The van der Waals surface area contributed by atoms with Crippen molar-refractivity contribution in [2.45, 2.75) is 18.8 Å². The molecular weight excluding hydrogens is 378 g/mol. The topological polar surface area (TPSA) is 71.3 Å². The average Bonchev–Trinajstić information content (AvgIpc) is 3.19. The van der Waals surface area contributed by atoms with Gasteiger partial charge in [-0.3, -0.25) is 9.69 Å². The van der Waals surface area contributed by atoms with E-state index in [0.29, 0.717) is 23.0 Å². The number of piperidine rings is 1. The Kier molecular flexibility index (Phi) is 5.62. The number of benzene rings is 2. The van der Waals surface area contributed by atoms with Gasteiger partial charge in [0.25, 0.3) is 0 Å². The van der Waals surface area contributed by atoms with Gasteiger partial charge < -0.3 is 9.73 Å². The van der Waals surface area contributed by atoms with Crippen LogP contribution in [0.3, 0.4) is 0 Å². The summed E-state index contributed by atoms with van der Waals surface area (Å²) in [7, 11) is 0. The smallest absolute Gasteiger partial charge is 0.247 e. The van der Waals surface area contributed by atoms with Crippen LogP contribution in [0.1, 0.15) is 24.7 Å². The molecule has 0 saturated carbocycles. The molecule has 2 aromatic carbocycles. The number of nitrogens with one attached hydrogen (secondary N) is 1. The van der Waals surface area contributed by atoms with Crippen LogP contribution in [0.25, 0.3) is 11.5 Å². The molecule has 1 N–H and O–H groups in total. The molecule has 2 heterocycles. The zero-order valence-electron chi connectivity index (χ0n) is 15.6. The molecule has 1 aliphatic heterocycles. The van der Waals surface area contributed by atoms with Gasteiger partial charge in [-0.25, -0.2) is 8.78 Å². The number of nitrogens with zero attached hydrogens (tertiary/aromatic N) is 3. The lowest BCUT2D eigenvalue weighted by atomic mass is 9.97. The van der Waals surface area contributed by atoms with E-state index in [1.807, 2.05) is 4.90 Å². The van der Waals surface area contributed by atoms with E-state index < -0.39 is 0 Å². The van der Waals surface area contributed by atoms with Crippen molar-refractivity contribution in [2.75, 3.05) is 25.0 Å². The van der Waals surface area contributed by atoms with E-state index in [1.54, 1.807) is 24.3 Å². The molecule has 0 unspecified atom stereocenters. The number of hydrogen-bond acceptors (Lipinski definition) is 5. The van der Waals surface area contributed by atoms with E-state index in [1.165, 1.54) is 24.3 Å². The number of likely N-dealkylation sites (tertiary alicyclic amines) is 1. The second-order valence-corrected chi connectivity index (χ2v) is 7.06. The highest BCUT2D eigenvalue weighted by Gasteiger charge is 2.26. The number of amides is 1. The van der Waals surface area contributed by atoms with E-state index >= 15 is 0 Å². The van der Waals surface area contributed by atoms with E-state index in [4.69, 9.17) is 4.42 Å². The van der Waals surface area contributed by atoms with Crippen molar-refractivity contribution in [2.24, 2.45) is 0 Å². The quantitative estimate of drug-likeness (QED) is 0.707. The normalized spacial score (nSPS) is 15.4. The fourth-order valence-electron chi connectivity index (χ4n) is 3.42. The number of halogens is 2. The van der Waals surface area contributed by atoms with Gasteiger partial charge in [0, 0.05) is 17.2 Å². The number of rotatable bonds is 5. The van der Waals surface area contributed by atoms with Crippen LogP contribution >= 0.6 is 0 Å². The average molecular weight is 398 g/mol. The molecule has 3 aromatic rings. The zero-order chi connectivity index (χ0) is 20.2. The first-order valence-electron chi connectivity index (χ1n) is 9.44. The van der Waals surface area contributed by atoms with Gasteiger partial charge in [0.15, 0.2) is 0 Å². The SMILES string of the molecule is O=C(CN1CCC(c2nnc(-c3ccc(F)cc3)o2)CC1)Nc1cccc(F)c1. The van der Waals surface area contributed by atoms with Crippen LogP contribution in [0, 0.1) is 11.6 Å². The predicted molar refractivity (Wildman–Crippen MR) is 103 cm³/mol. The summed E-state index contributed by atoms with van der Waals surface area (Å²) in [5, 5.41) is 10.9. The minimum atomic E-state index is -0.386. The minimum Gasteiger partial charge on any atom is -0.420 e. The Morgan fingerprint density at radius 2 is 1.83 bits per heavy atom. The van der Waals surface area contributed by atoms with Gasteiger partial charge in [-0.05, 0) is 68.4 Å².